The van der Waals surface area contributed by atoms with Gasteiger partial charge in [0, 0.05) is 11.4 Å². The Labute approximate surface area is 156 Å². The van der Waals surface area contributed by atoms with Crippen LogP contribution in [-0.4, -0.2) is 29.0 Å². The zero-order valence-electron chi connectivity index (χ0n) is 14.2. The van der Waals surface area contributed by atoms with Crippen molar-refractivity contribution < 1.29 is 9.47 Å². The van der Waals surface area contributed by atoms with Crippen LogP contribution in [0.15, 0.2) is 36.4 Å². The second kappa shape index (κ2) is 7.29. The van der Waals surface area contributed by atoms with Crippen LogP contribution in [0.2, 0.25) is 5.02 Å². The quantitative estimate of drug-likeness (QED) is 0.667. The number of rotatable bonds is 5. The fourth-order valence-corrected chi connectivity index (χ4v) is 3.04. The van der Waals surface area contributed by atoms with Crippen LogP contribution < -0.4 is 9.47 Å². The monoisotopic (exact) mass is 375 g/mol. The molecule has 0 atom stereocenters. The van der Waals surface area contributed by atoms with Crippen LogP contribution in [0.3, 0.4) is 0 Å². The van der Waals surface area contributed by atoms with Gasteiger partial charge in [0.1, 0.15) is 5.82 Å². The largest absolute Gasteiger partial charge is 0.493 e. The topological polar surface area (TPSA) is 52.1 Å². The first-order chi connectivity index (χ1) is 12.0. The zero-order valence-corrected chi connectivity index (χ0v) is 15.7. The Morgan fingerprint density at radius 3 is 2.56 bits per heavy atom. The van der Waals surface area contributed by atoms with Gasteiger partial charge in [-0.15, -0.1) is 0 Å². The molecule has 7 heteroatoms. The Hall–Kier alpha value is -2.31. The predicted molar refractivity (Wildman–Crippen MR) is 101 cm³/mol. The molecule has 3 aromatic rings. The van der Waals surface area contributed by atoms with E-state index in [1.54, 1.807) is 14.2 Å². The molecular formula is C18H18ClN3O2S. The summed E-state index contributed by atoms with van der Waals surface area (Å²) in [6.45, 7) is 1.96. The number of nitrogens with zero attached hydrogens (tertiary/aromatic N) is 2. The highest BCUT2D eigenvalue weighted by molar-refractivity contribution is 7.71. The van der Waals surface area contributed by atoms with E-state index in [0.29, 0.717) is 27.7 Å². The zero-order chi connectivity index (χ0) is 18.0. The lowest BCUT2D eigenvalue weighted by Crippen LogP contribution is -2.03. The van der Waals surface area contributed by atoms with Gasteiger partial charge in [-0.1, -0.05) is 23.7 Å². The summed E-state index contributed by atoms with van der Waals surface area (Å²) in [7, 11) is 3.23. The minimum absolute atomic E-state index is 0.524. The maximum absolute atomic E-state index is 6.26. The molecule has 0 aliphatic carbocycles. The number of hydrogen-bond donors (Lipinski definition) is 1. The van der Waals surface area contributed by atoms with Crippen molar-refractivity contribution in [3.63, 3.8) is 0 Å². The second-order valence-corrected chi connectivity index (χ2v) is 6.37. The Morgan fingerprint density at radius 1 is 1.12 bits per heavy atom. The van der Waals surface area contributed by atoms with E-state index in [4.69, 9.17) is 33.3 Å². The summed E-state index contributed by atoms with van der Waals surface area (Å²) in [6.07, 6.45) is 0.582. The molecule has 3 rings (SSSR count). The van der Waals surface area contributed by atoms with E-state index in [2.05, 4.69) is 10.2 Å². The van der Waals surface area contributed by atoms with Gasteiger partial charge in [-0.2, -0.15) is 5.10 Å². The molecule has 2 aromatic carbocycles. The Balaban J connectivity index is 2.00. The molecule has 130 valence electrons. The molecule has 0 bridgehead atoms. The smallest absolute Gasteiger partial charge is 0.199 e. The van der Waals surface area contributed by atoms with Crippen molar-refractivity contribution in [2.75, 3.05) is 14.2 Å². The molecule has 0 unspecified atom stereocenters. The number of aromatic nitrogens is 3. The molecule has 0 spiro atoms. The summed E-state index contributed by atoms with van der Waals surface area (Å²) < 4.78 is 13.1. The van der Waals surface area contributed by atoms with Gasteiger partial charge in [0.2, 0.25) is 0 Å². The number of ether oxygens (including phenoxy) is 2. The average molecular weight is 376 g/mol. The van der Waals surface area contributed by atoms with Crippen molar-refractivity contribution in [2.24, 2.45) is 0 Å². The molecule has 1 heterocycles. The van der Waals surface area contributed by atoms with Crippen LogP contribution in [-0.2, 0) is 6.42 Å². The van der Waals surface area contributed by atoms with E-state index < -0.39 is 0 Å². The molecule has 0 amide bonds. The number of benzene rings is 2. The number of hydrogen-bond acceptors (Lipinski definition) is 4. The predicted octanol–water partition coefficient (Wildman–Crippen LogP) is 4.50. The standard InChI is InChI=1S/C18H18ClN3O2S/c1-11-4-6-13(10-14(11)19)22-17(20-21-18(22)25)9-12-5-7-15(23-2)16(8-12)24-3/h4-8,10H,9H2,1-3H3,(H,21,25). The lowest BCUT2D eigenvalue weighted by Gasteiger charge is -2.11. The third-order valence-electron chi connectivity index (χ3n) is 3.97. The highest BCUT2D eigenvalue weighted by atomic mass is 35.5. The molecule has 0 aliphatic rings. The van der Waals surface area contributed by atoms with Gasteiger partial charge >= 0.3 is 0 Å². The van der Waals surface area contributed by atoms with Crippen molar-refractivity contribution >= 4 is 23.8 Å². The molecule has 0 aliphatic heterocycles. The Kier molecular flexibility index (Phi) is 5.11. The first-order valence-electron chi connectivity index (χ1n) is 7.67. The summed E-state index contributed by atoms with van der Waals surface area (Å²) >= 11 is 11.7. The minimum Gasteiger partial charge on any atom is -0.493 e. The number of halogens is 1. The fourth-order valence-electron chi connectivity index (χ4n) is 2.61. The number of nitrogens with one attached hydrogen (secondary N) is 1. The molecule has 1 N–H and O–H groups in total. The van der Waals surface area contributed by atoms with E-state index in [1.165, 1.54) is 0 Å². The molecule has 1 aromatic heterocycles. The Bertz CT molecular complexity index is 965. The minimum atomic E-state index is 0.524. The molecule has 0 fully saturated rings. The molecule has 0 radical (unpaired) electrons. The maximum atomic E-state index is 6.26. The third kappa shape index (κ3) is 3.55. The normalized spacial score (nSPS) is 10.7. The van der Waals surface area contributed by atoms with E-state index in [1.807, 2.05) is 47.9 Å². The van der Waals surface area contributed by atoms with Crippen molar-refractivity contribution in [1.29, 1.82) is 0 Å². The van der Waals surface area contributed by atoms with E-state index in [-0.39, 0.29) is 0 Å². The van der Waals surface area contributed by atoms with Crippen molar-refractivity contribution in [1.82, 2.24) is 14.8 Å². The maximum Gasteiger partial charge on any atom is 0.199 e. The SMILES string of the molecule is COc1ccc(Cc2n[nH]c(=S)n2-c2ccc(C)c(Cl)c2)cc1OC. The average Bonchev–Trinajstić information content (AvgIpc) is 2.97. The number of methoxy groups -OCH3 is 2. The van der Waals surface area contributed by atoms with Gasteiger partial charge in [-0.3, -0.25) is 9.67 Å². The molecular weight excluding hydrogens is 358 g/mol. The number of H-pyrrole nitrogens is 1. The second-order valence-electron chi connectivity index (χ2n) is 5.58. The van der Waals surface area contributed by atoms with Crippen molar-refractivity contribution in [3.05, 3.63) is 63.1 Å². The Morgan fingerprint density at radius 2 is 1.88 bits per heavy atom. The molecule has 5 nitrogen and oxygen atoms in total. The number of aryl methyl sites for hydroxylation is 1. The van der Waals surface area contributed by atoms with Gasteiger partial charge in [-0.05, 0) is 54.5 Å². The van der Waals surface area contributed by atoms with E-state index >= 15 is 0 Å². The van der Waals surface area contributed by atoms with Gasteiger partial charge in [0.25, 0.3) is 0 Å². The van der Waals surface area contributed by atoms with Gasteiger partial charge < -0.3 is 9.47 Å². The van der Waals surface area contributed by atoms with Gasteiger partial charge in [-0.25, -0.2) is 0 Å². The van der Waals surface area contributed by atoms with Crippen LogP contribution in [0.4, 0.5) is 0 Å². The lowest BCUT2D eigenvalue weighted by molar-refractivity contribution is 0.354. The van der Waals surface area contributed by atoms with Gasteiger partial charge in [0.05, 0.1) is 19.9 Å². The van der Waals surface area contributed by atoms with Crippen molar-refractivity contribution in [3.8, 4) is 17.2 Å². The highest BCUT2D eigenvalue weighted by Crippen LogP contribution is 2.29. The summed E-state index contributed by atoms with van der Waals surface area (Å²) in [4.78, 5) is 0. The van der Waals surface area contributed by atoms with E-state index in [9.17, 15) is 0 Å². The summed E-state index contributed by atoms with van der Waals surface area (Å²) in [6, 6.07) is 11.6. The lowest BCUT2D eigenvalue weighted by atomic mass is 10.1. The molecule has 0 saturated carbocycles. The first kappa shape index (κ1) is 17.5. The van der Waals surface area contributed by atoms with Crippen LogP contribution >= 0.6 is 23.8 Å². The van der Waals surface area contributed by atoms with Crippen LogP contribution in [0.5, 0.6) is 11.5 Å². The van der Waals surface area contributed by atoms with Crippen LogP contribution in [0.25, 0.3) is 5.69 Å². The molecule has 25 heavy (non-hydrogen) atoms. The van der Waals surface area contributed by atoms with Crippen molar-refractivity contribution in [2.45, 2.75) is 13.3 Å². The highest BCUT2D eigenvalue weighted by Gasteiger charge is 2.12. The summed E-state index contributed by atoms with van der Waals surface area (Å²) in [5.41, 5.74) is 2.93. The summed E-state index contributed by atoms with van der Waals surface area (Å²) in [5.74, 6) is 2.16. The van der Waals surface area contributed by atoms with Crippen LogP contribution in [0, 0.1) is 11.7 Å². The summed E-state index contributed by atoms with van der Waals surface area (Å²) in [5, 5.41) is 7.92. The fraction of sp³-hybridized carbons (Fsp3) is 0.222. The van der Waals surface area contributed by atoms with Gasteiger partial charge in [0.15, 0.2) is 16.3 Å². The first-order valence-corrected chi connectivity index (χ1v) is 8.46. The number of aromatic amines is 1. The third-order valence-corrected chi connectivity index (χ3v) is 4.65. The molecule has 0 saturated heterocycles. The van der Waals surface area contributed by atoms with E-state index in [0.717, 1.165) is 22.6 Å². The van der Waals surface area contributed by atoms with Crippen LogP contribution in [0.1, 0.15) is 17.0 Å².